The number of nitrogens with one attached hydrogen (secondary N) is 1. The van der Waals surface area contributed by atoms with E-state index in [0.717, 1.165) is 17.1 Å². The number of anilines is 1. The van der Waals surface area contributed by atoms with E-state index in [0.29, 0.717) is 37.2 Å². The summed E-state index contributed by atoms with van der Waals surface area (Å²) in [5, 5.41) is 7.37. The molecule has 0 unspecified atom stereocenters. The molecule has 7 nitrogen and oxygen atoms in total. The second kappa shape index (κ2) is 9.03. The predicted octanol–water partition coefficient (Wildman–Crippen LogP) is 3.10. The van der Waals surface area contributed by atoms with E-state index in [9.17, 15) is 9.59 Å². The standard InChI is InChI=1S/C19H25N3O4/c1-5-26-16-10-8-15(9-11-16)19(24)20-18-13(2)21-22(14(18)3)12-6-7-17(23)25-4/h8-11H,5-7,12H2,1-4H3,(H,20,24). The fourth-order valence-electron chi connectivity index (χ4n) is 2.63. The van der Waals surface area contributed by atoms with E-state index in [1.165, 1.54) is 7.11 Å². The topological polar surface area (TPSA) is 82.5 Å². The van der Waals surface area contributed by atoms with E-state index < -0.39 is 0 Å². The lowest BCUT2D eigenvalue weighted by Gasteiger charge is -2.08. The van der Waals surface area contributed by atoms with Crippen molar-refractivity contribution in [1.29, 1.82) is 0 Å². The molecule has 0 atom stereocenters. The molecule has 0 radical (unpaired) electrons. The molecule has 26 heavy (non-hydrogen) atoms. The van der Waals surface area contributed by atoms with Gasteiger partial charge in [0.1, 0.15) is 5.75 Å². The molecule has 0 saturated heterocycles. The quantitative estimate of drug-likeness (QED) is 0.732. The van der Waals surface area contributed by atoms with Crippen molar-refractivity contribution in [2.75, 3.05) is 19.0 Å². The van der Waals surface area contributed by atoms with Gasteiger partial charge in [-0.25, -0.2) is 0 Å². The van der Waals surface area contributed by atoms with Gasteiger partial charge in [-0.05, 0) is 51.5 Å². The SMILES string of the molecule is CCOc1ccc(C(=O)Nc2c(C)nn(CCCC(=O)OC)c2C)cc1. The van der Waals surface area contributed by atoms with Crippen LogP contribution in [0.2, 0.25) is 0 Å². The van der Waals surface area contributed by atoms with E-state index in [1.807, 2.05) is 20.8 Å². The Morgan fingerprint density at radius 3 is 2.50 bits per heavy atom. The molecule has 1 aromatic carbocycles. The molecule has 0 saturated carbocycles. The van der Waals surface area contributed by atoms with Gasteiger partial charge in [0, 0.05) is 18.5 Å². The molecule has 1 amide bonds. The highest BCUT2D eigenvalue weighted by molar-refractivity contribution is 6.04. The van der Waals surface area contributed by atoms with Gasteiger partial charge in [-0.3, -0.25) is 14.3 Å². The van der Waals surface area contributed by atoms with Gasteiger partial charge in [0.25, 0.3) is 5.91 Å². The van der Waals surface area contributed by atoms with E-state index in [4.69, 9.17) is 4.74 Å². The molecule has 0 spiro atoms. The molecule has 140 valence electrons. The average molecular weight is 359 g/mol. The first-order chi connectivity index (χ1) is 12.5. The Morgan fingerprint density at radius 1 is 1.19 bits per heavy atom. The summed E-state index contributed by atoms with van der Waals surface area (Å²) in [7, 11) is 1.38. The molecule has 1 heterocycles. The Kier molecular flexibility index (Phi) is 6.77. The summed E-state index contributed by atoms with van der Waals surface area (Å²) >= 11 is 0. The van der Waals surface area contributed by atoms with Crippen molar-refractivity contribution in [3.63, 3.8) is 0 Å². The van der Waals surface area contributed by atoms with Crippen LogP contribution in [0.3, 0.4) is 0 Å². The first kappa shape index (κ1) is 19.5. The largest absolute Gasteiger partial charge is 0.494 e. The number of amides is 1. The highest BCUT2D eigenvalue weighted by Gasteiger charge is 2.15. The lowest BCUT2D eigenvalue weighted by atomic mass is 10.2. The van der Waals surface area contributed by atoms with Gasteiger partial charge < -0.3 is 14.8 Å². The smallest absolute Gasteiger partial charge is 0.305 e. The van der Waals surface area contributed by atoms with E-state index >= 15 is 0 Å². The maximum Gasteiger partial charge on any atom is 0.305 e. The first-order valence-corrected chi connectivity index (χ1v) is 8.61. The van der Waals surface area contributed by atoms with Gasteiger partial charge >= 0.3 is 5.97 Å². The van der Waals surface area contributed by atoms with Gasteiger partial charge in [0.05, 0.1) is 30.8 Å². The van der Waals surface area contributed by atoms with Crippen molar-refractivity contribution < 1.29 is 19.1 Å². The third-order valence-corrected chi connectivity index (χ3v) is 4.03. The van der Waals surface area contributed by atoms with Crippen LogP contribution < -0.4 is 10.1 Å². The summed E-state index contributed by atoms with van der Waals surface area (Å²) < 4.78 is 11.8. The van der Waals surface area contributed by atoms with E-state index in [1.54, 1.807) is 28.9 Å². The summed E-state index contributed by atoms with van der Waals surface area (Å²) in [6.45, 7) is 6.82. The van der Waals surface area contributed by atoms with Crippen molar-refractivity contribution in [2.24, 2.45) is 0 Å². The Labute approximate surface area is 153 Å². The Balaban J connectivity index is 2.04. The second-order valence-corrected chi connectivity index (χ2v) is 5.86. The minimum absolute atomic E-state index is 0.201. The number of ether oxygens (including phenoxy) is 2. The van der Waals surface area contributed by atoms with E-state index in [-0.39, 0.29) is 11.9 Å². The lowest BCUT2D eigenvalue weighted by molar-refractivity contribution is -0.140. The van der Waals surface area contributed by atoms with Gasteiger partial charge in [-0.1, -0.05) is 0 Å². The monoisotopic (exact) mass is 359 g/mol. The number of esters is 1. The van der Waals surface area contributed by atoms with Crippen LogP contribution in [0.5, 0.6) is 5.75 Å². The van der Waals surface area contributed by atoms with Gasteiger partial charge in [0.15, 0.2) is 0 Å². The van der Waals surface area contributed by atoms with Crippen LogP contribution in [-0.4, -0.2) is 35.4 Å². The molecule has 2 aromatic rings. The van der Waals surface area contributed by atoms with Crippen LogP contribution in [0.4, 0.5) is 5.69 Å². The van der Waals surface area contributed by atoms with Crippen molar-refractivity contribution >= 4 is 17.6 Å². The zero-order chi connectivity index (χ0) is 19.1. The van der Waals surface area contributed by atoms with Crippen molar-refractivity contribution in [3.8, 4) is 5.75 Å². The van der Waals surface area contributed by atoms with Gasteiger partial charge in [-0.2, -0.15) is 5.10 Å². The molecule has 0 aliphatic heterocycles. The molecule has 1 N–H and O–H groups in total. The molecule has 1 aromatic heterocycles. The molecular weight excluding hydrogens is 334 g/mol. The highest BCUT2D eigenvalue weighted by atomic mass is 16.5. The minimum atomic E-state index is -0.240. The number of benzene rings is 1. The number of aryl methyl sites for hydroxylation is 2. The number of carbonyl (C=O) groups is 2. The second-order valence-electron chi connectivity index (χ2n) is 5.86. The molecular formula is C19H25N3O4. The Bertz CT molecular complexity index is 766. The van der Waals surface area contributed by atoms with Crippen LogP contribution in [-0.2, 0) is 16.1 Å². The number of aromatic nitrogens is 2. The summed E-state index contributed by atoms with van der Waals surface area (Å²) in [5.41, 5.74) is 2.83. The number of carbonyl (C=O) groups excluding carboxylic acids is 2. The molecule has 0 aliphatic rings. The van der Waals surface area contributed by atoms with Crippen LogP contribution in [0.1, 0.15) is 41.5 Å². The van der Waals surface area contributed by atoms with Crippen molar-refractivity contribution in [3.05, 3.63) is 41.2 Å². The summed E-state index contributed by atoms with van der Waals surface area (Å²) in [6.07, 6.45) is 0.962. The van der Waals surface area contributed by atoms with Crippen LogP contribution in [0.15, 0.2) is 24.3 Å². The number of rotatable bonds is 8. The van der Waals surface area contributed by atoms with Crippen molar-refractivity contribution in [2.45, 2.75) is 40.2 Å². The zero-order valence-electron chi connectivity index (χ0n) is 15.7. The maximum absolute atomic E-state index is 12.5. The van der Waals surface area contributed by atoms with Crippen LogP contribution in [0, 0.1) is 13.8 Å². The van der Waals surface area contributed by atoms with Gasteiger partial charge in [-0.15, -0.1) is 0 Å². The minimum Gasteiger partial charge on any atom is -0.494 e. The molecule has 2 rings (SSSR count). The summed E-state index contributed by atoms with van der Waals surface area (Å²) in [5.74, 6) is 0.291. The van der Waals surface area contributed by atoms with Gasteiger partial charge in [0.2, 0.25) is 0 Å². The predicted molar refractivity (Wildman–Crippen MR) is 98.5 cm³/mol. The fraction of sp³-hybridized carbons (Fsp3) is 0.421. The molecule has 0 fully saturated rings. The van der Waals surface area contributed by atoms with Crippen LogP contribution >= 0.6 is 0 Å². The van der Waals surface area contributed by atoms with E-state index in [2.05, 4.69) is 15.2 Å². The normalized spacial score (nSPS) is 10.5. The Morgan fingerprint density at radius 2 is 1.88 bits per heavy atom. The zero-order valence-corrected chi connectivity index (χ0v) is 15.7. The third kappa shape index (κ3) is 4.84. The molecule has 7 heteroatoms. The maximum atomic E-state index is 12.5. The third-order valence-electron chi connectivity index (χ3n) is 4.03. The first-order valence-electron chi connectivity index (χ1n) is 8.61. The van der Waals surface area contributed by atoms with Crippen molar-refractivity contribution in [1.82, 2.24) is 9.78 Å². The number of hydrogen-bond donors (Lipinski definition) is 1. The fourth-order valence-corrected chi connectivity index (χ4v) is 2.63. The summed E-state index contributed by atoms with van der Waals surface area (Å²) in [6, 6.07) is 7.00. The lowest BCUT2D eigenvalue weighted by Crippen LogP contribution is -2.13. The summed E-state index contributed by atoms with van der Waals surface area (Å²) in [4.78, 5) is 23.7. The number of methoxy groups -OCH3 is 1. The molecule has 0 bridgehead atoms. The molecule has 0 aliphatic carbocycles. The highest BCUT2D eigenvalue weighted by Crippen LogP contribution is 2.21. The number of nitrogens with zero attached hydrogens (tertiary/aromatic N) is 2. The average Bonchev–Trinajstić information content (AvgIpc) is 2.90. The Hall–Kier alpha value is -2.83. The number of hydrogen-bond acceptors (Lipinski definition) is 5. The van der Waals surface area contributed by atoms with Crippen LogP contribution in [0.25, 0.3) is 0 Å².